The molecule has 0 heterocycles. The van der Waals surface area contributed by atoms with Gasteiger partial charge in [-0.2, -0.15) is 8.78 Å². The van der Waals surface area contributed by atoms with Crippen LogP contribution in [0, 0.1) is 5.82 Å². The van der Waals surface area contributed by atoms with E-state index >= 15 is 0 Å². The highest BCUT2D eigenvalue weighted by Gasteiger charge is 2.23. The largest absolute Gasteiger partial charge is 0.490 e. The summed E-state index contributed by atoms with van der Waals surface area (Å²) in [5.41, 5.74) is 6.77. The molecule has 2 N–H and O–H groups in total. The Morgan fingerprint density at radius 2 is 1.81 bits per heavy atom. The molecule has 0 aromatic heterocycles. The van der Waals surface area contributed by atoms with Crippen LogP contribution in [0.5, 0.6) is 11.5 Å². The molecule has 0 bridgehead atoms. The second-order valence-corrected chi connectivity index (χ2v) is 5.86. The second-order valence-electron chi connectivity index (χ2n) is 5.86. The van der Waals surface area contributed by atoms with E-state index in [9.17, 15) is 18.0 Å². The fourth-order valence-corrected chi connectivity index (χ4v) is 2.77. The molecule has 8 heteroatoms. The summed E-state index contributed by atoms with van der Waals surface area (Å²) in [5.74, 6) is -0.892. The average Bonchev–Trinajstić information content (AvgIpc) is 2.58. The number of ether oxygens (including phenoxy) is 2. The molecule has 0 radical (unpaired) electrons. The lowest BCUT2D eigenvalue weighted by atomic mass is 10.0. The summed E-state index contributed by atoms with van der Waals surface area (Å²) in [6.45, 7) is -0.684. The minimum Gasteiger partial charge on any atom is -0.490 e. The number of alkyl halides is 2. The maximum absolute atomic E-state index is 13.1. The van der Waals surface area contributed by atoms with Crippen molar-refractivity contribution in [3.05, 3.63) is 59.4 Å². The van der Waals surface area contributed by atoms with Crippen LogP contribution in [-0.4, -0.2) is 31.1 Å². The van der Waals surface area contributed by atoms with Gasteiger partial charge in [0.25, 0.3) is 0 Å². The number of nitrogens with two attached hydrogens (primary N) is 1. The lowest BCUT2D eigenvalue weighted by Gasteiger charge is -2.26. The highest BCUT2D eigenvalue weighted by molar-refractivity contribution is 5.81. The van der Waals surface area contributed by atoms with Crippen LogP contribution < -0.4 is 15.2 Å². The fraction of sp³-hybridized carbons (Fsp3) is 0.316. The van der Waals surface area contributed by atoms with Crippen molar-refractivity contribution in [3.63, 3.8) is 0 Å². The van der Waals surface area contributed by atoms with Crippen molar-refractivity contribution in [2.45, 2.75) is 26.1 Å². The third-order valence-electron chi connectivity index (χ3n) is 3.85. The van der Waals surface area contributed by atoms with Crippen LogP contribution in [-0.2, 0) is 11.3 Å². The van der Waals surface area contributed by atoms with E-state index in [0.717, 1.165) is 0 Å². The molecule has 2 rings (SSSR count). The normalized spacial score (nSPS) is 12.3. The summed E-state index contributed by atoms with van der Waals surface area (Å²) in [6.07, 6.45) is 0. The van der Waals surface area contributed by atoms with Crippen molar-refractivity contribution in [3.8, 4) is 11.5 Å². The zero-order valence-electron chi connectivity index (χ0n) is 15.0. The molecule has 0 saturated heterocycles. The van der Waals surface area contributed by atoms with E-state index in [1.54, 1.807) is 31.0 Å². The number of carbonyl (C=O) groups excluding carboxylic acids is 1. The third-order valence-corrected chi connectivity index (χ3v) is 3.85. The van der Waals surface area contributed by atoms with Gasteiger partial charge in [-0.25, -0.2) is 4.39 Å². The molecule has 27 heavy (non-hydrogen) atoms. The Balaban J connectivity index is 2.23. The minimum absolute atomic E-state index is 0.0664. The molecule has 1 amide bonds. The molecule has 2 aromatic carbocycles. The molecular weight excluding hydrogens is 361 g/mol. The Morgan fingerprint density at radius 3 is 2.37 bits per heavy atom. The van der Waals surface area contributed by atoms with E-state index in [0.29, 0.717) is 11.1 Å². The Kier molecular flexibility index (Phi) is 7.06. The predicted octanol–water partition coefficient (Wildman–Crippen LogP) is 3.48. The van der Waals surface area contributed by atoms with Crippen LogP contribution in [0.25, 0.3) is 0 Å². The summed E-state index contributed by atoms with van der Waals surface area (Å²) < 4.78 is 47.9. The number of hydrogen-bond donors (Lipinski definition) is 1. The van der Waals surface area contributed by atoms with Gasteiger partial charge in [-0.15, -0.1) is 0 Å². The summed E-state index contributed by atoms with van der Waals surface area (Å²) >= 11 is 0. The third kappa shape index (κ3) is 5.62. The average molecular weight is 382 g/mol. The number of rotatable bonds is 9. The summed E-state index contributed by atoms with van der Waals surface area (Å²) in [4.78, 5) is 13.6. The number of hydrogen-bond acceptors (Lipinski definition) is 4. The topological polar surface area (TPSA) is 64.8 Å². The number of likely N-dealkylation sites (N-methyl/N-ethyl adjacent to an activating group) is 1. The van der Waals surface area contributed by atoms with E-state index in [-0.39, 0.29) is 24.7 Å². The molecule has 0 spiro atoms. The van der Waals surface area contributed by atoms with Crippen LogP contribution in [0.1, 0.15) is 24.1 Å². The molecular formula is C19H21F3N2O3. The van der Waals surface area contributed by atoms with Gasteiger partial charge in [0.05, 0.1) is 6.61 Å². The van der Waals surface area contributed by atoms with Crippen LogP contribution >= 0.6 is 0 Å². The second kappa shape index (κ2) is 9.27. The molecule has 0 fully saturated rings. The van der Waals surface area contributed by atoms with E-state index in [2.05, 4.69) is 4.74 Å². The number of primary amides is 1. The van der Waals surface area contributed by atoms with E-state index in [1.807, 2.05) is 0 Å². The van der Waals surface area contributed by atoms with Gasteiger partial charge in [-0.05, 0) is 49.4 Å². The van der Waals surface area contributed by atoms with Crippen LogP contribution in [0.4, 0.5) is 13.2 Å². The molecule has 146 valence electrons. The van der Waals surface area contributed by atoms with Gasteiger partial charge < -0.3 is 15.2 Å². The van der Waals surface area contributed by atoms with Gasteiger partial charge in [0.15, 0.2) is 11.5 Å². The molecule has 0 aliphatic rings. The zero-order valence-corrected chi connectivity index (χ0v) is 15.0. The van der Waals surface area contributed by atoms with Gasteiger partial charge in [0.1, 0.15) is 11.9 Å². The Hall–Kier alpha value is -2.74. The van der Waals surface area contributed by atoms with E-state index in [4.69, 9.17) is 10.5 Å². The summed E-state index contributed by atoms with van der Waals surface area (Å²) in [7, 11) is 1.68. The predicted molar refractivity (Wildman–Crippen MR) is 94.0 cm³/mol. The van der Waals surface area contributed by atoms with Crippen LogP contribution in [0.3, 0.4) is 0 Å². The maximum Gasteiger partial charge on any atom is 0.387 e. The van der Waals surface area contributed by atoms with Gasteiger partial charge in [0, 0.05) is 6.54 Å². The molecule has 2 aromatic rings. The minimum atomic E-state index is -2.96. The molecule has 1 atom stereocenters. The van der Waals surface area contributed by atoms with Crippen molar-refractivity contribution in [1.82, 2.24) is 4.90 Å². The SMILES string of the molecule is CCOc1cc(CN(C)[C@@H](C(N)=O)c2ccc(F)cc2)ccc1OC(F)F. The Labute approximate surface area is 155 Å². The molecule has 0 aliphatic carbocycles. The number of amides is 1. The number of benzene rings is 2. The van der Waals surface area contributed by atoms with Crippen molar-refractivity contribution >= 4 is 5.91 Å². The zero-order chi connectivity index (χ0) is 20.0. The first-order chi connectivity index (χ1) is 12.8. The van der Waals surface area contributed by atoms with Crippen molar-refractivity contribution < 1.29 is 27.4 Å². The van der Waals surface area contributed by atoms with Crippen molar-refractivity contribution in [2.24, 2.45) is 5.73 Å². The first-order valence-corrected chi connectivity index (χ1v) is 8.27. The molecule has 0 aliphatic heterocycles. The fourth-order valence-electron chi connectivity index (χ4n) is 2.77. The standard InChI is InChI=1S/C19H21F3N2O3/c1-3-26-16-10-12(4-9-15(16)27-19(21)22)11-24(2)17(18(23)25)13-5-7-14(20)8-6-13/h4-10,17,19H,3,11H2,1-2H3,(H2,23,25)/t17-/m1/s1. The molecule has 0 saturated carbocycles. The first-order valence-electron chi connectivity index (χ1n) is 8.27. The lowest BCUT2D eigenvalue weighted by molar-refractivity contribution is -0.123. The monoisotopic (exact) mass is 382 g/mol. The van der Waals surface area contributed by atoms with Gasteiger partial charge >= 0.3 is 6.61 Å². The maximum atomic E-state index is 13.1. The van der Waals surface area contributed by atoms with Crippen LogP contribution in [0.2, 0.25) is 0 Å². The van der Waals surface area contributed by atoms with Gasteiger partial charge in [-0.1, -0.05) is 18.2 Å². The number of carbonyl (C=O) groups is 1. The van der Waals surface area contributed by atoms with Crippen LogP contribution in [0.15, 0.2) is 42.5 Å². The van der Waals surface area contributed by atoms with Gasteiger partial charge in [-0.3, -0.25) is 9.69 Å². The molecule has 0 unspecified atom stereocenters. The smallest absolute Gasteiger partial charge is 0.387 e. The quantitative estimate of drug-likeness (QED) is 0.721. The number of halogens is 3. The number of nitrogens with zero attached hydrogens (tertiary/aromatic N) is 1. The molecule has 5 nitrogen and oxygen atoms in total. The lowest BCUT2D eigenvalue weighted by Crippen LogP contribution is -2.35. The Bertz CT molecular complexity index is 769. The Morgan fingerprint density at radius 1 is 1.15 bits per heavy atom. The highest BCUT2D eigenvalue weighted by Crippen LogP contribution is 2.31. The first kappa shape index (κ1) is 20.6. The van der Waals surface area contributed by atoms with Crippen molar-refractivity contribution in [2.75, 3.05) is 13.7 Å². The summed E-state index contributed by atoms with van der Waals surface area (Å²) in [5, 5.41) is 0. The van der Waals surface area contributed by atoms with E-state index in [1.165, 1.54) is 30.3 Å². The highest BCUT2D eigenvalue weighted by atomic mass is 19.3. The summed E-state index contributed by atoms with van der Waals surface area (Å²) in [6, 6.07) is 9.26. The van der Waals surface area contributed by atoms with Gasteiger partial charge in [0.2, 0.25) is 5.91 Å². The van der Waals surface area contributed by atoms with Crippen molar-refractivity contribution in [1.29, 1.82) is 0 Å². The van der Waals surface area contributed by atoms with E-state index < -0.39 is 24.4 Å².